The van der Waals surface area contributed by atoms with Gasteiger partial charge in [0, 0.05) is 21.0 Å². The molecule has 6 heteroatoms. The summed E-state index contributed by atoms with van der Waals surface area (Å²) in [6, 6.07) is 8.87. The number of carboxylic acid groups (broad SMARTS) is 1. The molecule has 1 N–H and O–H groups in total. The topological polar surface area (TPSA) is 57.6 Å². The maximum absolute atomic E-state index is 12.8. The van der Waals surface area contributed by atoms with Gasteiger partial charge < -0.3 is 10.0 Å². The number of carbonyl (C=O) groups excluding carboxylic acids is 1. The van der Waals surface area contributed by atoms with Gasteiger partial charge in [-0.15, -0.1) is 11.3 Å². The lowest BCUT2D eigenvalue weighted by Gasteiger charge is -2.22. The van der Waals surface area contributed by atoms with Crippen LogP contribution in [0.25, 0.3) is 0 Å². The molecule has 1 aromatic heterocycles. The second-order valence-electron chi connectivity index (χ2n) is 5.28. The standard InChI is InChI=1S/C16H14BrNO3S/c17-12-7-10(6-11(8-12)16(20)21)15(19)18(13-3-4-13)9-14-2-1-5-22-14/h1-2,5-8,13H,3-4,9H2,(H,20,21). The molecule has 1 aliphatic rings. The van der Waals surface area contributed by atoms with Crippen LogP contribution in [0.15, 0.2) is 40.2 Å². The molecule has 114 valence electrons. The summed E-state index contributed by atoms with van der Waals surface area (Å²) in [5.74, 6) is -1.15. The maximum Gasteiger partial charge on any atom is 0.335 e. The number of hydrogen-bond donors (Lipinski definition) is 1. The van der Waals surface area contributed by atoms with E-state index in [-0.39, 0.29) is 17.5 Å². The van der Waals surface area contributed by atoms with Crippen LogP contribution >= 0.6 is 27.3 Å². The van der Waals surface area contributed by atoms with Crippen molar-refractivity contribution in [1.29, 1.82) is 0 Å². The second kappa shape index (κ2) is 6.22. The summed E-state index contributed by atoms with van der Waals surface area (Å²) < 4.78 is 0.600. The normalized spacial score (nSPS) is 13.9. The lowest BCUT2D eigenvalue weighted by molar-refractivity contribution is 0.0697. The van der Waals surface area contributed by atoms with Gasteiger partial charge in [-0.05, 0) is 42.5 Å². The van der Waals surface area contributed by atoms with Crippen molar-refractivity contribution in [3.8, 4) is 0 Å². The summed E-state index contributed by atoms with van der Waals surface area (Å²) in [6.45, 7) is 0.579. The van der Waals surface area contributed by atoms with Gasteiger partial charge in [0.2, 0.25) is 0 Å². The fourth-order valence-corrected chi connectivity index (χ4v) is 3.52. The van der Waals surface area contributed by atoms with Crippen LogP contribution in [-0.4, -0.2) is 27.9 Å². The number of halogens is 1. The Morgan fingerprint density at radius 3 is 2.59 bits per heavy atom. The number of carbonyl (C=O) groups is 2. The Labute approximate surface area is 140 Å². The van der Waals surface area contributed by atoms with Crippen LogP contribution in [-0.2, 0) is 6.54 Å². The number of hydrogen-bond acceptors (Lipinski definition) is 3. The quantitative estimate of drug-likeness (QED) is 0.853. The van der Waals surface area contributed by atoms with Crippen LogP contribution in [0.1, 0.15) is 38.4 Å². The summed E-state index contributed by atoms with van der Waals surface area (Å²) in [4.78, 5) is 26.9. The summed E-state index contributed by atoms with van der Waals surface area (Å²) in [7, 11) is 0. The highest BCUT2D eigenvalue weighted by molar-refractivity contribution is 9.10. The Morgan fingerprint density at radius 2 is 2.00 bits per heavy atom. The molecule has 0 aliphatic heterocycles. The van der Waals surface area contributed by atoms with Crippen molar-refractivity contribution < 1.29 is 14.7 Å². The lowest BCUT2D eigenvalue weighted by Crippen LogP contribution is -2.32. The molecular weight excluding hydrogens is 366 g/mol. The minimum atomic E-state index is -1.04. The van der Waals surface area contributed by atoms with Crippen LogP contribution in [0.4, 0.5) is 0 Å². The third-order valence-corrected chi connectivity index (χ3v) is 4.87. The van der Waals surface area contributed by atoms with Gasteiger partial charge in [-0.25, -0.2) is 4.79 Å². The third-order valence-electron chi connectivity index (χ3n) is 3.55. The third kappa shape index (κ3) is 3.39. The first-order chi connectivity index (χ1) is 10.5. The van der Waals surface area contributed by atoms with Crippen molar-refractivity contribution in [2.75, 3.05) is 0 Å². The van der Waals surface area contributed by atoms with Crippen molar-refractivity contribution in [1.82, 2.24) is 4.90 Å². The van der Waals surface area contributed by atoms with Gasteiger partial charge in [-0.2, -0.15) is 0 Å². The summed E-state index contributed by atoms with van der Waals surface area (Å²) in [6.07, 6.45) is 2.02. The Kier molecular flexibility index (Phi) is 4.31. The van der Waals surface area contributed by atoms with Gasteiger partial charge in [-0.3, -0.25) is 4.79 Å². The van der Waals surface area contributed by atoms with E-state index in [0.29, 0.717) is 16.6 Å². The van der Waals surface area contributed by atoms with Crippen molar-refractivity contribution in [3.05, 3.63) is 56.2 Å². The molecule has 0 unspecified atom stereocenters. The molecule has 4 nitrogen and oxygen atoms in total. The largest absolute Gasteiger partial charge is 0.478 e. The highest BCUT2D eigenvalue weighted by atomic mass is 79.9. The molecular formula is C16H14BrNO3S. The van der Waals surface area contributed by atoms with E-state index in [9.17, 15) is 9.59 Å². The fourth-order valence-electron chi connectivity index (χ4n) is 2.33. The molecule has 1 heterocycles. The fraction of sp³-hybridized carbons (Fsp3) is 0.250. The van der Waals surface area contributed by atoms with E-state index in [0.717, 1.165) is 17.7 Å². The average molecular weight is 380 g/mol. The van der Waals surface area contributed by atoms with Crippen molar-refractivity contribution >= 4 is 39.1 Å². The van der Waals surface area contributed by atoms with Gasteiger partial charge in [0.1, 0.15) is 0 Å². The smallest absolute Gasteiger partial charge is 0.335 e. The Bertz CT molecular complexity index is 710. The first-order valence-corrected chi connectivity index (χ1v) is 8.59. The zero-order chi connectivity index (χ0) is 15.7. The molecule has 1 amide bonds. The number of amides is 1. The first-order valence-electron chi connectivity index (χ1n) is 6.92. The summed E-state index contributed by atoms with van der Waals surface area (Å²) in [5, 5.41) is 11.1. The predicted octanol–water partition coefficient (Wildman–Crippen LogP) is 4.01. The highest BCUT2D eigenvalue weighted by Crippen LogP contribution is 2.31. The zero-order valence-electron chi connectivity index (χ0n) is 11.7. The molecule has 0 saturated heterocycles. The molecule has 1 aliphatic carbocycles. The monoisotopic (exact) mass is 379 g/mol. The first kappa shape index (κ1) is 15.2. The number of thiophene rings is 1. The molecule has 1 aromatic carbocycles. The van der Waals surface area contributed by atoms with Gasteiger partial charge >= 0.3 is 5.97 Å². The molecule has 0 bridgehead atoms. The molecule has 0 spiro atoms. The number of nitrogens with zero attached hydrogens (tertiary/aromatic N) is 1. The number of rotatable bonds is 5. The molecule has 0 atom stereocenters. The SMILES string of the molecule is O=C(O)c1cc(Br)cc(C(=O)N(Cc2cccs2)C2CC2)c1. The van der Waals surface area contributed by atoms with Crippen LogP contribution in [0, 0.1) is 0 Å². The van der Waals surface area contributed by atoms with E-state index >= 15 is 0 Å². The van der Waals surface area contributed by atoms with Gasteiger partial charge in [-0.1, -0.05) is 22.0 Å². The summed E-state index contributed by atoms with van der Waals surface area (Å²) >= 11 is 4.90. The minimum absolute atomic E-state index is 0.111. The van der Waals surface area contributed by atoms with E-state index in [1.54, 1.807) is 17.4 Å². The molecule has 2 aromatic rings. The highest BCUT2D eigenvalue weighted by Gasteiger charge is 2.33. The average Bonchev–Trinajstić information content (AvgIpc) is 3.20. The number of aromatic carboxylic acids is 1. The number of carboxylic acids is 1. The maximum atomic E-state index is 12.8. The van der Waals surface area contributed by atoms with Gasteiger partial charge in [0.25, 0.3) is 5.91 Å². The van der Waals surface area contributed by atoms with E-state index in [4.69, 9.17) is 5.11 Å². The van der Waals surface area contributed by atoms with Crippen LogP contribution < -0.4 is 0 Å². The summed E-state index contributed by atoms with van der Waals surface area (Å²) in [5.41, 5.74) is 0.528. The predicted molar refractivity (Wildman–Crippen MR) is 88.3 cm³/mol. The molecule has 22 heavy (non-hydrogen) atoms. The van der Waals surface area contributed by atoms with Crippen molar-refractivity contribution in [2.24, 2.45) is 0 Å². The zero-order valence-corrected chi connectivity index (χ0v) is 14.1. The lowest BCUT2D eigenvalue weighted by atomic mass is 10.1. The Balaban J connectivity index is 1.88. The number of benzene rings is 1. The molecule has 1 fully saturated rings. The van der Waals surface area contributed by atoms with E-state index in [1.165, 1.54) is 12.1 Å². The molecule has 1 saturated carbocycles. The van der Waals surface area contributed by atoms with Crippen LogP contribution in [0.5, 0.6) is 0 Å². The Morgan fingerprint density at radius 1 is 1.27 bits per heavy atom. The second-order valence-corrected chi connectivity index (χ2v) is 7.23. The van der Waals surface area contributed by atoms with Crippen LogP contribution in [0.3, 0.4) is 0 Å². The van der Waals surface area contributed by atoms with Gasteiger partial charge in [0.15, 0.2) is 0 Å². The van der Waals surface area contributed by atoms with Gasteiger partial charge in [0.05, 0.1) is 12.1 Å². The van der Waals surface area contributed by atoms with Crippen molar-refractivity contribution in [3.63, 3.8) is 0 Å². The Hall–Kier alpha value is -1.66. The van der Waals surface area contributed by atoms with E-state index in [2.05, 4.69) is 15.9 Å². The van der Waals surface area contributed by atoms with Crippen molar-refractivity contribution in [2.45, 2.75) is 25.4 Å². The molecule has 0 radical (unpaired) electrons. The van der Waals surface area contributed by atoms with E-state index in [1.807, 2.05) is 22.4 Å². The minimum Gasteiger partial charge on any atom is -0.478 e. The van der Waals surface area contributed by atoms with Crippen LogP contribution in [0.2, 0.25) is 0 Å². The molecule has 3 rings (SSSR count). The van der Waals surface area contributed by atoms with E-state index < -0.39 is 5.97 Å².